The zero-order chi connectivity index (χ0) is 28.6. The van der Waals surface area contributed by atoms with E-state index in [2.05, 4.69) is 10.3 Å². The van der Waals surface area contributed by atoms with Gasteiger partial charge in [-0.2, -0.15) is 13.2 Å². The van der Waals surface area contributed by atoms with Gasteiger partial charge in [0.25, 0.3) is 0 Å². The number of halogens is 3. The van der Waals surface area contributed by atoms with Gasteiger partial charge in [-0.25, -0.2) is 4.98 Å². The second kappa shape index (κ2) is 13.3. The summed E-state index contributed by atoms with van der Waals surface area (Å²) in [6.07, 6.45) is -3.95. The quantitative estimate of drug-likeness (QED) is 0.275. The van der Waals surface area contributed by atoms with Crippen LogP contribution in [0.2, 0.25) is 0 Å². The van der Waals surface area contributed by atoms with E-state index >= 15 is 0 Å². The van der Waals surface area contributed by atoms with Crippen molar-refractivity contribution in [3.63, 3.8) is 0 Å². The molecule has 0 bridgehead atoms. The maximum Gasteiger partial charge on any atom is 0.416 e. The lowest BCUT2D eigenvalue weighted by molar-refractivity contribution is -0.146. The molecule has 0 amide bonds. The highest BCUT2D eigenvalue weighted by atomic mass is 19.4. The minimum atomic E-state index is -4.42. The molecule has 3 aromatic rings. The fraction of sp³-hybridized carbons (Fsp3) is 0.393. The standard InChI is InChI=1S/C28H31F3N2O6/c1-17(2)38-26(36)16-32-15-21-14-23(10-6-19(21)7-11-25(34)35)37-13-12-24-18(3)39-27(33-24)20-4-8-22(9-5-20)28(29,30)31/h4-6,8-10,14,17,32H,7,11-13,15-16H2,1-3H3,(H,34,35). The molecule has 0 aliphatic carbocycles. The molecule has 0 saturated heterocycles. The Morgan fingerprint density at radius 1 is 1.08 bits per heavy atom. The van der Waals surface area contributed by atoms with Gasteiger partial charge in [0.15, 0.2) is 0 Å². The first-order valence-electron chi connectivity index (χ1n) is 12.4. The lowest BCUT2D eigenvalue weighted by Gasteiger charge is -2.14. The summed E-state index contributed by atoms with van der Waals surface area (Å²) in [5.74, 6) is 0.0234. The Morgan fingerprint density at radius 3 is 2.44 bits per heavy atom. The minimum Gasteiger partial charge on any atom is -0.493 e. The summed E-state index contributed by atoms with van der Waals surface area (Å²) in [6, 6.07) is 9.94. The van der Waals surface area contributed by atoms with Crippen LogP contribution in [0.5, 0.6) is 5.75 Å². The summed E-state index contributed by atoms with van der Waals surface area (Å²) in [5.41, 5.74) is 1.93. The number of carboxylic acid groups (broad SMARTS) is 1. The van der Waals surface area contributed by atoms with Crippen LogP contribution in [0.1, 0.15) is 48.4 Å². The van der Waals surface area contributed by atoms with Gasteiger partial charge in [-0.05, 0) is 74.7 Å². The van der Waals surface area contributed by atoms with Gasteiger partial charge in [-0.15, -0.1) is 0 Å². The molecule has 0 fully saturated rings. The Labute approximate surface area is 224 Å². The number of carbonyl (C=O) groups excluding carboxylic acids is 1. The summed E-state index contributed by atoms with van der Waals surface area (Å²) in [7, 11) is 0. The average Bonchev–Trinajstić information content (AvgIpc) is 3.23. The Hall–Kier alpha value is -3.86. The van der Waals surface area contributed by atoms with Crippen molar-refractivity contribution in [2.75, 3.05) is 13.2 Å². The molecule has 0 radical (unpaired) electrons. The molecular weight excluding hydrogens is 517 g/mol. The van der Waals surface area contributed by atoms with Crippen LogP contribution in [0.15, 0.2) is 46.9 Å². The summed E-state index contributed by atoms with van der Waals surface area (Å²) < 4.78 is 55.1. The third kappa shape index (κ3) is 9.13. The van der Waals surface area contributed by atoms with Gasteiger partial charge in [0.1, 0.15) is 11.5 Å². The van der Waals surface area contributed by atoms with Crippen LogP contribution >= 0.6 is 0 Å². The number of nitrogens with one attached hydrogen (secondary N) is 1. The molecule has 0 aliphatic heterocycles. The lowest BCUT2D eigenvalue weighted by atomic mass is 10.0. The molecule has 39 heavy (non-hydrogen) atoms. The van der Waals surface area contributed by atoms with Crippen molar-refractivity contribution in [1.82, 2.24) is 10.3 Å². The van der Waals surface area contributed by atoms with Gasteiger partial charge in [0.2, 0.25) is 5.89 Å². The van der Waals surface area contributed by atoms with Gasteiger partial charge in [0.05, 0.1) is 30.5 Å². The van der Waals surface area contributed by atoms with Crippen molar-refractivity contribution in [1.29, 1.82) is 0 Å². The van der Waals surface area contributed by atoms with Gasteiger partial charge >= 0.3 is 18.1 Å². The second-order valence-electron chi connectivity index (χ2n) is 9.16. The number of hydrogen-bond donors (Lipinski definition) is 2. The SMILES string of the molecule is Cc1oc(-c2ccc(C(F)(F)F)cc2)nc1CCOc1ccc(CCC(=O)O)c(CNCC(=O)OC(C)C)c1. The normalized spacial score (nSPS) is 11.6. The van der Waals surface area contributed by atoms with E-state index in [1.807, 2.05) is 0 Å². The number of aliphatic carboxylic acids is 1. The Balaban J connectivity index is 1.62. The minimum absolute atomic E-state index is 0.00827. The largest absolute Gasteiger partial charge is 0.493 e. The Kier molecular flexibility index (Phi) is 10.1. The zero-order valence-electron chi connectivity index (χ0n) is 21.9. The number of benzene rings is 2. The van der Waals surface area contributed by atoms with Gasteiger partial charge in [-0.3, -0.25) is 9.59 Å². The van der Waals surface area contributed by atoms with Crippen molar-refractivity contribution < 1.29 is 41.8 Å². The number of ether oxygens (including phenoxy) is 2. The molecule has 0 aliphatic rings. The van der Waals surface area contributed by atoms with E-state index in [4.69, 9.17) is 19.0 Å². The molecule has 2 aromatic carbocycles. The molecule has 0 atom stereocenters. The first-order valence-corrected chi connectivity index (χ1v) is 12.4. The highest BCUT2D eigenvalue weighted by Crippen LogP contribution is 2.31. The number of aromatic nitrogens is 1. The van der Waals surface area contributed by atoms with Crippen molar-refractivity contribution in [2.24, 2.45) is 0 Å². The number of oxazole rings is 1. The molecule has 2 N–H and O–H groups in total. The van der Waals surface area contributed by atoms with Gasteiger partial charge in [0, 0.05) is 24.9 Å². The number of hydrogen-bond acceptors (Lipinski definition) is 7. The summed E-state index contributed by atoms with van der Waals surface area (Å²) in [4.78, 5) is 27.3. The zero-order valence-corrected chi connectivity index (χ0v) is 21.9. The molecule has 3 rings (SSSR count). The van der Waals surface area contributed by atoms with Crippen molar-refractivity contribution in [3.8, 4) is 17.2 Å². The Bertz CT molecular complexity index is 1270. The maximum atomic E-state index is 12.8. The van der Waals surface area contributed by atoms with Gasteiger partial charge in [-0.1, -0.05) is 6.07 Å². The molecule has 1 heterocycles. The van der Waals surface area contributed by atoms with Crippen LogP contribution in [-0.4, -0.2) is 41.3 Å². The van der Waals surface area contributed by atoms with E-state index in [1.165, 1.54) is 12.1 Å². The van der Waals surface area contributed by atoms with E-state index in [-0.39, 0.29) is 37.5 Å². The predicted octanol–water partition coefficient (Wildman–Crippen LogP) is 5.35. The molecule has 210 valence electrons. The van der Waals surface area contributed by atoms with E-state index in [1.54, 1.807) is 39.0 Å². The molecule has 1 aromatic heterocycles. The first kappa shape index (κ1) is 29.7. The van der Waals surface area contributed by atoms with Crippen LogP contribution < -0.4 is 10.1 Å². The summed E-state index contributed by atoms with van der Waals surface area (Å²) >= 11 is 0. The number of aryl methyl sites for hydroxylation is 2. The monoisotopic (exact) mass is 548 g/mol. The second-order valence-corrected chi connectivity index (χ2v) is 9.16. The molecule has 11 heteroatoms. The highest BCUT2D eigenvalue weighted by molar-refractivity contribution is 5.71. The highest BCUT2D eigenvalue weighted by Gasteiger charge is 2.30. The van der Waals surface area contributed by atoms with Crippen molar-refractivity contribution >= 4 is 11.9 Å². The molecule has 0 unspecified atom stereocenters. The van der Waals surface area contributed by atoms with Crippen LogP contribution in [0.4, 0.5) is 13.2 Å². The smallest absolute Gasteiger partial charge is 0.416 e. The fourth-order valence-corrected chi connectivity index (χ4v) is 3.80. The third-order valence-electron chi connectivity index (χ3n) is 5.70. The van der Waals surface area contributed by atoms with E-state index in [0.29, 0.717) is 42.2 Å². The first-order chi connectivity index (χ1) is 18.4. The maximum absolute atomic E-state index is 12.8. The average molecular weight is 549 g/mol. The predicted molar refractivity (Wildman–Crippen MR) is 136 cm³/mol. The van der Waals surface area contributed by atoms with Gasteiger partial charge < -0.3 is 24.3 Å². The summed E-state index contributed by atoms with van der Waals surface area (Å²) in [5, 5.41) is 12.1. The molecular formula is C28H31F3N2O6. The number of carbonyl (C=O) groups is 2. The van der Waals surface area contributed by atoms with Crippen LogP contribution in [0.25, 0.3) is 11.5 Å². The van der Waals surface area contributed by atoms with Crippen molar-refractivity contribution in [3.05, 3.63) is 70.6 Å². The third-order valence-corrected chi connectivity index (χ3v) is 5.70. The number of nitrogens with zero attached hydrogens (tertiary/aromatic N) is 1. The Morgan fingerprint density at radius 2 is 1.79 bits per heavy atom. The van der Waals surface area contributed by atoms with E-state index < -0.39 is 17.7 Å². The van der Waals surface area contributed by atoms with Crippen LogP contribution in [0.3, 0.4) is 0 Å². The number of esters is 1. The van der Waals surface area contributed by atoms with Crippen LogP contribution in [0, 0.1) is 6.92 Å². The topological polar surface area (TPSA) is 111 Å². The molecule has 0 saturated carbocycles. The number of rotatable bonds is 13. The lowest BCUT2D eigenvalue weighted by Crippen LogP contribution is -2.26. The number of carboxylic acids is 1. The van der Waals surface area contributed by atoms with E-state index in [0.717, 1.165) is 23.3 Å². The fourth-order valence-electron chi connectivity index (χ4n) is 3.80. The number of alkyl halides is 3. The molecule has 0 spiro atoms. The van der Waals surface area contributed by atoms with Crippen molar-refractivity contribution in [2.45, 2.75) is 58.9 Å². The molecule has 8 nitrogen and oxygen atoms in total. The summed E-state index contributed by atoms with van der Waals surface area (Å²) in [6.45, 7) is 5.83. The van der Waals surface area contributed by atoms with Crippen LogP contribution in [-0.2, 0) is 39.9 Å². The van der Waals surface area contributed by atoms with E-state index in [9.17, 15) is 22.8 Å².